The van der Waals surface area contributed by atoms with E-state index in [2.05, 4.69) is 24.1 Å². The maximum atomic E-state index is 12.4. The zero-order valence-electron chi connectivity index (χ0n) is 15.2. The van der Waals surface area contributed by atoms with Gasteiger partial charge in [0.15, 0.2) is 0 Å². The van der Waals surface area contributed by atoms with Crippen molar-refractivity contribution < 1.29 is 9.90 Å². The topological polar surface area (TPSA) is 84.2 Å². The van der Waals surface area contributed by atoms with Crippen LogP contribution in [0.5, 0.6) is 0 Å². The van der Waals surface area contributed by atoms with E-state index >= 15 is 0 Å². The lowest BCUT2D eigenvalue weighted by Gasteiger charge is -2.24. The lowest BCUT2D eigenvalue weighted by atomic mass is 9.95. The van der Waals surface area contributed by atoms with E-state index in [4.69, 9.17) is 0 Å². The van der Waals surface area contributed by atoms with E-state index in [9.17, 15) is 14.7 Å². The molecule has 136 valence electrons. The van der Waals surface area contributed by atoms with E-state index in [1.807, 2.05) is 6.07 Å². The lowest BCUT2D eigenvalue weighted by Crippen LogP contribution is -2.41. The van der Waals surface area contributed by atoms with Gasteiger partial charge in [0.25, 0.3) is 5.56 Å². The smallest absolute Gasteiger partial charge is 0.261 e. The third-order valence-electron chi connectivity index (χ3n) is 4.24. The normalized spacial score (nSPS) is 13.8. The van der Waals surface area contributed by atoms with Crippen LogP contribution in [-0.4, -0.2) is 32.7 Å². The highest BCUT2D eigenvalue weighted by molar-refractivity contribution is 5.77. The van der Waals surface area contributed by atoms with Crippen LogP contribution in [0.2, 0.25) is 0 Å². The van der Waals surface area contributed by atoms with E-state index in [1.54, 1.807) is 25.1 Å². The maximum Gasteiger partial charge on any atom is 0.261 e. The average Bonchev–Trinajstić information content (AvgIpc) is 2.58. The number of fused-ring (bicyclic) bond motifs is 1. The second-order valence-corrected chi connectivity index (χ2v) is 7.22. The standard InChI is InChI=1S/C19H27N3O3/c1-14(2)8-10-19(3,25)12-20-17(23)9-11-22-13-21-16-7-5-4-6-15(16)18(22)24/h4-7,13-14,25H,8-12H2,1-3H3,(H,20,23). The maximum absolute atomic E-state index is 12.4. The molecular weight excluding hydrogens is 318 g/mol. The van der Waals surface area contributed by atoms with E-state index in [0.717, 1.165) is 6.42 Å². The lowest BCUT2D eigenvalue weighted by molar-refractivity contribution is -0.122. The molecule has 0 radical (unpaired) electrons. The Kier molecular flexibility index (Phi) is 6.31. The van der Waals surface area contributed by atoms with Crippen molar-refractivity contribution in [2.75, 3.05) is 6.54 Å². The number of amides is 1. The predicted molar refractivity (Wildman–Crippen MR) is 98.3 cm³/mol. The molecule has 1 amide bonds. The number of benzene rings is 1. The fourth-order valence-electron chi connectivity index (χ4n) is 2.55. The number of nitrogens with zero attached hydrogens (tertiary/aromatic N) is 2. The van der Waals surface area contributed by atoms with Crippen molar-refractivity contribution in [3.05, 3.63) is 40.9 Å². The Balaban J connectivity index is 1.88. The Labute approximate surface area is 147 Å². The van der Waals surface area contributed by atoms with Crippen LogP contribution in [0, 0.1) is 5.92 Å². The van der Waals surface area contributed by atoms with Crippen LogP contribution in [0.25, 0.3) is 10.9 Å². The Morgan fingerprint density at radius 3 is 2.80 bits per heavy atom. The van der Waals surface area contributed by atoms with Gasteiger partial charge in [-0.05, 0) is 37.8 Å². The molecule has 0 aliphatic rings. The van der Waals surface area contributed by atoms with E-state index in [-0.39, 0.29) is 31.0 Å². The number of rotatable bonds is 8. The second-order valence-electron chi connectivity index (χ2n) is 7.22. The first kappa shape index (κ1) is 19.1. The van der Waals surface area contributed by atoms with Crippen LogP contribution in [0.3, 0.4) is 0 Å². The van der Waals surface area contributed by atoms with Gasteiger partial charge in [-0.2, -0.15) is 0 Å². The molecule has 1 aromatic carbocycles. The van der Waals surface area contributed by atoms with Gasteiger partial charge in [-0.1, -0.05) is 26.0 Å². The molecule has 0 fully saturated rings. The van der Waals surface area contributed by atoms with Crippen LogP contribution in [0.1, 0.15) is 40.0 Å². The van der Waals surface area contributed by atoms with Crippen LogP contribution in [0.4, 0.5) is 0 Å². The molecule has 6 heteroatoms. The summed E-state index contributed by atoms with van der Waals surface area (Å²) in [6.45, 7) is 6.40. The summed E-state index contributed by atoms with van der Waals surface area (Å²) in [6, 6.07) is 7.14. The third-order valence-corrected chi connectivity index (χ3v) is 4.24. The predicted octanol–water partition coefficient (Wildman–Crippen LogP) is 2.09. The van der Waals surface area contributed by atoms with Crippen molar-refractivity contribution >= 4 is 16.8 Å². The summed E-state index contributed by atoms with van der Waals surface area (Å²) in [7, 11) is 0. The molecule has 1 unspecified atom stereocenters. The molecule has 0 aliphatic carbocycles. The molecule has 0 bridgehead atoms. The molecular formula is C19H27N3O3. The van der Waals surface area contributed by atoms with Crippen molar-refractivity contribution in [3.8, 4) is 0 Å². The number of aryl methyl sites for hydroxylation is 1. The van der Waals surface area contributed by atoms with Crippen molar-refractivity contribution in [1.82, 2.24) is 14.9 Å². The summed E-state index contributed by atoms with van der Waals surface area (Å²) in [5.41, 5.74) is -0.418. The second kappa shape index (κ2) is 8.25. The molecule has 2 aromatic rings. The molecule has 2 N–H and O–H groups in total. The van der Waals surface area contributed by atoms with Crippen LogP contribution in [-0.2, 0) is 11.3 Å². The highest BCUT2D eigenvalue weighted by Crippen LogP contribution is 2.15. The van der Waals surface area contributed by atoms with Crippen molar-refractivity contribution in [1.29, 1.82) is 0 Å². The first-order valence-corrected chi connectivity index (χ1v) is 8.72. The van der Waals surface area contributed by atoms with Crippen LogP contribution >= 0.6 is 0 Å². The van der Waals surface area contributed by atoms with Gasteiger partial charge in [0.05, 0.1) is 22.8 Å². The number of hydrogen-bond donors (Lipinski definition) is 2. The molecule has 1 aromatic heterocycles. The fraction of sp³-hybridized carbons (Fsp3) is 0.526. The quantitative estimate of drug-likeness (QED) is 0.767. The van der Waals surface area contributed by atoms with Crippen LogP contribution < -0.4 is 10.9 Å². The molecule has 1 heterocycles. The molecule has 6 nitrogen and oxygen atoms in total. The minimum atomic E-state index is -0.915. The monoisotopic (exact) mass is 345 g/mol. The minimum absolute atomic E-state index is 0.151. The number of aliphatic hydroxyl groups is 1. The van der Waals surface area contributed by atoms with Crippen molar-refractivity contribution in [3.63, 3.8) is 0 Å². The van der Waals surface area contributed by atoms with Gasteiger partial charge < -0.3 is 10.4 Å². The fourth-order valence-corrected chi connectivity index (χ4v) is 2.55. The Hall–Kier alpha value is -2.21. The molecule has 0 saturated carbocycles. The van der Waals surface area contributed by atoms with E-state index in [0.29, 0.717) is 23.2 Å². The largest absolute Gasteiger partial charge is 0.388 e. The van der Waals surface area contributed by atoms with Crippen molar-refractivity contribution in [2.45, 2.75) is 52.2 Å². The highest BCUT2D eigenvalue weighted by Gasteiger charge is 2.21. The van der Waals surface area contributed by atoms with Crippen molar-refractivity contribution in [2.24, 2.45) is 5.92 Å². The summed E-state index contributed by atoms with van der Waals surface area (Å²) < 4.78 is 1.44. The zero-order chi connectivity index (χ0) is 18.4. The number of hydrogen-bond acceptors (Lipinski definition) is 4. The molecule has 0 aliphatic heterocycles. The average molecular weight is 345 g/mol. The SMILES string of the molecule is CC(C)CCC(C)(O)CNC(=O)CCn1cnc2ccccc2c1=O. The van der Waals surface area contributed by atoms with Gasteiger partial charge in [0.1, 0.15) is 0 Å². The Morgan fingerprint density at radius 1 is 1.36 bits per heavy atom. The summed E-state index contributed by atoms with van der Waals surface area (Å²) in [4.78, 5) is 28.6. The molecule has 25 heavy (non-hydrogen) atoms. The summed E-state index contributed by atoms with van der Waals surface area (Å²) in [6.07, 6.45) is 3.18. The first-order chi connectivity index (χ1) is 11.8. The number of para-hydroxylation sites is 1. The van der Waals surface area contributed by atoms with Gasteiger partial charge in [-0.15, -0.1) is 0 Å². The molecule has 2 rings (SSSR count). The van der Waals surface area contributed by atoms with E-state index in [1.165, 1.54) is 10.9 Å². The minimum Gasteiger partial charge on any atom is -0.388 e. The first-order valence-electron chi connectivity index (χ1n) is 8.72. The zero-order valence-corrected chi connectivity index (χ0v) is 15.2. The van der Waals surface area contributed by atoms with Gasteiger partial charge in [-0.3, -0.25) is 14.2 Å². The van der Waals surface area contributed by atoms with Gasteiger partial charge in [0.2, 0.25) is 5.91 Å². The van der Waals surface area contributed by atoms with Crippen LogP contribution in [0.15, 0.2) is 35.4 Å². The Morgan fingerprint density at radius 2 is 2.08 bits per heavy atom. The van der Waals surface area contributed by atoms with Gasteiger partial charge in [0, 0.05) is 19.5 Å². The number of aromatic nitrogens is 2. The summed E-state index contributed by atoms with van der Waals surface area (Å²) in [5, 5.41) is 13.6. The summed E-state index contributed by atoms with van der Waals surface area (Å²) in [5.74, 6) is 0.319. The number of nitrogens with one attached hydrogen (secondary N) is 1. The Bertz CT molecular complexity index is 781. The molecule has 0 saturated heterocycles. The molecule has 0 spiro atoms. The highest BCUT2D eigenvalue weighted by atomic mass is 16.3. The van der Waals surface area contributed by atoms with Gasteiger partial charge in [-0.25, -0.2) is 4.98 Å². The summed E-state index contributed by atoms with van der Waals surface area (Å²) >= 11 is 0. The van der Waals surface area contributed by atoms with E-state index < -0.39 is 5.60 Å². The molecule has 1 atom stereocenters. The number of carbonyl (C=O) groups is 1. The third kappa shape index (κ3) is 5.67. The van der Waals surface area contributed by atoms with Gasteiger partial charge >= 0.3 is 0 Å². The number of carbonyl (C=O) groups excluding carboxylic acids is 1.